The maximum atomic E-state index is 12.9. The molecule has 1 spiro atoms. The van der Waals surface area contributed by atoms with Gasteiger partial charge in [0.1, 0.15) is 4.90 Å². The second-order valence-electron chi connectivity index (χ2n) is 8.12. The number of ketones is 1. The van der Waals surface area contributed by atoms with Crippen LogP contribution in [0, 0.1) is 5.41 Å². The fourth-order valence-electron chi connectivity index (χ4n) is 4.31. The number of carbonyl (C=O) groups is 1. The summed E-state index contributed by atoms with van der Waals surface area (Å²) in [6.07, 6.45) is 6.58. The van der Waals surface area contributed by atoms with Crippen molar-refractivity contribution in [2.24, 2.45) is 5.41 Å². The number of benzene rings is 1. The Morgan fingerprint density at radius 2 is 1.85 bits per heavy atom. The van der Waals surface area contributed by atoms with Crippen molar-refractivity contribution >= 4 is 27.4 Å². The highest BCUT2D eigenvalue weighted by atomic mass is 35.5. The first-order valence-corrected chi connectivity index (χ1v) is 11.6. The zero-order chi connectivity index (χ0) is 19.7. The van der Waals surface area contributed by atoms with Gasteiger partial charge in [-0.2, -0.15) is 0 Å². The van der Waals surface area contributed by atoms with Gasteiger partial charge in [-0.1, -0.05) is 18.5 Å². The van der Waals surface area contributed by atoms with E-state index in [2.05, 4.69) is 16.7 Å². The first kappa shape index (κ1) is 20.8. The second-order valence-corrected chi connectivity index (χ2v) is 10.2. The van der Waals surface area contributed by atoms with Crippen LogP contribution in [0.5, 0.6) is 0 Å². The molecule has 2 aliphatic rings. The van der Waals surface area contributed by atoms with Crippen LogP contribution in [0.2, 0.25) is 5.02 Å². The number of rotatable bonds is 5. The van der Waals surface area contributed by atoms with E-state index < -0.39 is 10.0 Å². The molecule has 7 heteroatoms. The van der Waals surface area contributed by atoms with E-state index in [-0.39, 0.29) is 21.7 Å². The Hall–Kier alpha value is -0.950. The molecule has 5 nitrogen and oxygen atoms in total. The number of hydrogen-bond donors (Lipinski definition) is 1. The van der Waals surface area contributed by atoms with Crippen molar-refractivity contribution in [2.75, 3.05) is 20.1 Å². The Labute approximate surface area is 167 Å². The Morgan fingerprint density at radius 1 is 1.22 bits per heavy atom. The lowest BCUT2D eigenvalue weighted by Crippen LogP contribution is -2.44. The van der Waals surface area contributed by atoms with Crippen LogP contribution in [0.25, 0.3) is 0 Å². The molecule has 3 rings (SSSR count). The molecule has 1 aliphatic carbocycles. The van der Waals surface area contributed by atoms with E-state index in [0.29, 0.717) is 17.4 Å². The van der Waals surface area contributed by atoms with Gasteiger partial charge in [0.15, 0.2) is 5.78 Å². The molecule has 27 heavy (non-hydrogen) atoms. The third-order valence-electron chi connectivity index (χ3n) is 6.28. The summed E-state index contributed by atoms with van der Waals surface area (Å²) in [5.41, 5.74) is 0.774. The smallest absolute Gasteiger partial charge is 0.242 e. The lowest BCUT2D eigenvalue weighted by molar-refractivity contribution is 0.0729. The molecule has 2 fully saturated rings. The summed E-state index contributed by atoms with van der Waals surface area (Å²) < 4.78 is 28.6. The minimum Gasteiger partial charge on any atom is -0.306 e. The fraction of sp³-hybridized carbons (Fsp3) is 0.650. The van der Waals surface area contributed by atoms with Gasteiger partial charge in [0.05, 0.1) is 5.02 Å². The van der Waals surface area contributed by atoms with Gasteiger partial charge in [-0.25, -0.2) is 13.1 Å². The molecule has 0 radical (unpaired) electrons. The van der Waals surface area contributed by atoms with Crippen LogP contribution in [0.4, 0.5) is 0 Å². The number of Topliss-reactive ketones (excluding diaryl/α,β-unsaturated/α-hetero) is 1. The van der Waals surface area contributed by atoms with Gasteiger partial charge in [-0.05, 0) is 82.3 Å². The van der Waals surface area contributed by atoms with Crippen molar-refractivity contribution < 1.29 is 13.2 Å². The Balaban J connectivity index is 1.68. The predicted molar refractivity (Wildman–Crippen MR) is 108 cm³/mol. The van der Waals surface area contributed by atoms with E-state index in [0.717, 1.165) is 38.8 Å². The number of sulfonamides is 1. The number of hydrogen-bond acceptors (Lipinski definition) is 4. The molecule has 0 atom stereocenters. The topological polar surface area (TPSA) is 66.5 Å². The summed E-state index contributed by atoms with van der Waals surface area (Å²) >= 11 is 6.14. The molecule has 150 valence electrons. The van der Waals surface area contributed by atoms with E-state index in [4.69, 9.17) is 11.6 Å². The first-order chi connectivity index (χ1) is 12.7. The van der Waals surface area contributed by atoms with Gasteiger partial charge in [-0.15, -0.1) is 0 Å². The lowest BCUT2D eigenvalue weighted by Gasteiger charge is -2.45. The highest BCUT2D eigenvalue weighted by molar-refractivity contribution is 7.89. The van der Waals surface area contributed by atoms with Gasteiger partial charge in [-0.3, -0.25) is 4.79 Å². The van der Waals surface area contributed by atoms with Gasteiger partial charge < -0.3 is 4.90 Å². The van der Waals surface area contributed by atoms with E-state index in [1.807, 2.05) is 0 Å². The van der Waals surface area contributed by atoms with Crippen LogP contribution < -0.4 is 4.72 Å². The molecule has 0 amide bonds. The zero-order valence-corrected chi connectivity index (χ0v) is 17.7. The maximum Gasteiger partial charge on any atom is 0.242 e. The summed E-state index contributed by atoms with van der Waals surface area (Å²) in [7, 11) is -1.59. The van der Waals surface area contributed by atoms with Gasteiger partial charge in [0.25, 0.3) is 0 Å². The standard InChI is InChI=1S/C20H29ClN2O3S/c1-3-18(24)15-4-5-17(21)19(14-15)27(25,26)22-16-6-8-20(9-7-16)10-12-23(2)13-11-20/h4-5,14,16,22H,3,6-13H2,1-2H3. The van der Waals surface area contributed by atoms with Gasteiger partial charge >= 0.3 is 0 Å². The van der Waals surface area contributed by atoms with E-state index >= 15 is 0 Å². The predicted octanol–water partition coefficient (Wildman–Crippen LogP) is 3.87. The van der Waals surface area contributed by atoms with E-state index in [1.54, 1.807) is 13.0 Å². The van der Waals surface area contributed by atoms with E-state index in [1.165, 1.54) is 25.0 Å². The van der Waals surface area contributed by atoms with Gasteiger partial charge in [0, 0.05) is 18.0 Å². The molecule has 0 aromatic heterocycles. The molecule has 1 saturated carbocycles. The number of nitrogens with zero attached hydrogens (tertiary/aromatic N) is 1. The van der Waals surface area contributed by atoms with Crippen LogP contribution in [0.1, 0.15) is 62.2 Å². The molecular weight excluding hydrogens is 384 g/mol. The van der Waals surface area contributed by atoms with Crippen LogP contribution in [0.15, 0.2) is 23.1 Å². The largest absolute Gasteiger partial charge is 0.306 e. The molecule has 1 N–H and O–H groups in total. The van der Waals surface area contributed by atoms with Crippen molar-refractivity contribution in [1.82, 2.24) is 9.62 Å². The average Bonchev–Trinajstić information content (AvgIpc) is 2.65. The second kappa shape index (κ2) is 8.19. The zero-order valence-electron chi connectivity index (χ0n) is 16.1. The molecule has 1 aliphatic heterocycles. The van der Waals surface area contributed by atoms with Gasteiger partial charge in [0.2, 0.25) is 10.0 Å². The van der Waals surface area contributed by atoms with Crippen molar-refractivity contribution in [1.29, 1.82) is 0 Å². The quantitative estimate of drug-likeness (QED) is 0.745. The minimum atomic E-state index is -3.75. The van der Waals surface area contributed by atoms with Crippen LogP contribution in [0.3, 0.4) is 0 Å². The molecule has 0 unspecified atom stereocenters. The number of halogens is 1. The van der Waals surface area contributed by atoms with Crippen molar-refractivity contribution in [3.8, 4) is 0 Å². The summed E-state index contributed by atoms with van der Waals surface area (Å²) in [6, 6.07) is 4.41. The Bertz CT molecular complexity index is 791. The Kier molecular flexibility index (Phi) is 6.31. The van der Waals surface area contributed by atoms with Crippen molar-refractivity contribution in [3.05, 3.63) is 28.8 Å². The third-order valence-corrected chi connectivity index (χ3v) is 8.28. The normalized spacial score (nSPS) is 21.4. The van der Waals surface area contributed by atoms with Crippen LogP contribution >= 0.6 is 11.6 Å². The molecule has 0 bridgehead atoms. The van der Waals surface area contributed by atoms with E-state index in [9.17, 15) is 13.2 Å². The summed E-state index contributed by atoms with van der Waals surface area (Å²) in [5.74, 6) is -0.0926. The molecule has 1 aromatic rings. The number of likely N-dealkylation sites (tertiary alicyclic amines) is 1. The third kappa shape index (κ3) is 4.73. The Morgan fingerprint density at radius 3 is 2.44 bits per heavy atom. The van der Waals surface area contributed by atoms with Crippen molar-refractivity contribution in [2.45, 2.75) is 62.8 Å². The van der Waals surface area contributed by atoms with Crippen LogP contribution in [-0.2, 0) is 10.0 Å². The fourth-order valence-corrected chi connectivity index (χ4v) is 6.14. The summed E-state index contributed by atoms with van der Waals surface area (Å²) in [6.45, 7) is 4.01. The lowest BCUT2D eigenvalue weighted by atomic mass is 9.67. The maximum absolute atomic E-state index is 12.9. The van der Waals surface area contributed by atoms with Crippen molar-refractivity contribution in [3.63, 3.8) is 0 Å². The average molecular weight is 413 g/mol. The summed E-state index contributed by atoms with van der Waals surface area (Å²) in [4.78, 5) is 14.3. The number of carbonyl (C=O) groups excluding carboxylic acids is 1. The molecular formula is C20H29ClN2O3S. The highest BCUT2D eigenvalue weighted by Gasteiger charge is 2.38. The summed E-state index contributed by atoms with van der Waals surface area (Å²) in [5, 5.41) is 0.151. The molecule has 1 saturated heterocycles. The molecule has 1 heterocycles. The monoisotopic (exact) mass is 412 g/mol. The number of piperidine rings is 1. The highest BCUT2D eigenvalue weighted by Crippen LogP contribution is 2.44. The minimum absolute atomic E-state index is 0.00282. The first-order valence-electron chi connectivity index (χ1n) is 9.78. The van der Waals surface area contributed by atoms with Crippen LogP contribution in [-0.4, -0.2) is 45.3 Å². The number of nitrogens with one attached hydrogen (secondary N) is 1. The SMILES string of the molecule is CCC(=O)c1ccc(Cl)c(S(=O)(=O)NC2CCC3(CC2)CCN(C)CC3)c1. The molecule has 1 aromatic carbocycles.